The molecule has 2 heterocycles. The molecule has 0 atom stereocenters. The third kappa shape index (κ3) is 3.93. The van der Waals surface area contributed by atoms with Crippen molar-refractivity contribution in [1.29, 1.82) is 5.26 Å². The minimum Gasteiger partial charge on any atom is -0.464 e. The number of fused-ring (bicyclic) bond motifs is 2. The number of nitrogens with zero attached hydrogens (tertiary/aromatic N) is 3. The predicted molar refractivity (Wildman–Crippen MR) is 163 cm³/mol. The molecule has 4 aromatic carbocycles. The van der Waals surface area contributed by atoms with Crippen LogP contribution in [0.1, 0.15) is 61.8 Å². The zero-order chi connectivity index (χ0) is 28.1. The second-order valence-corrected chi connectivity index (χ2v) is 11.3. The molecule has 0 fully saturated rings. The summed E-state index contributed by atoms with van der Waals surface area (Å²) in [7, 11) is 2.11. The SMILES string of the molecule is Cc1c(-c2n(C)c3cccc(C#N)c3[n+]2-c2c(C(C)C)cc(-c3ccccc3)cc2C(C)C)ccc2occc12. The summed E-state index contributed by atoms with van der Waals surface area (Å²) >= 11 is 0. The van der Waals surface area contributed by atoms with Crippen LogP contribution in [0.2, 0.25) is 0 Å². The van der Waals surface area contributed by atoms with Crippen molar-refractivity contribution in [2.45, 2.75) is 46.5 Å². The monoisotopic (exact) mass is 524 g/mol. The van der Waals surface area contributed by atoms with Gasteiger partial charge in [-0.15, -0.1) is 0 Å². The molecule has 2 aromatic heterocycles. The summed E-state index contributed by atoms with van der Waals surface area (Å²) in [6.07, 6.45) is 1.75. The summed E-state index contributed by atoms with van der Waals surface area (Å²) < 4.78 is 10.3. The second kappa shape index (κ2) is 9.84. The Hall–Kier alpha value is -4.62. The summed E-state index contributed by atoms with van der Waals surface area (Å²) in [5, 5.41) is 11.4. The van der Waals surface area contributed by atoms with E-state index in [-0.39, 0.29) is 11.8 Å². The molecule has 0 aliphatic heterocycles. The van der Waals surface area contributed by atoms with Gasteiger partial charge in [0.25, 0.3) is 5.82 Å². The molecular weight excluding hydrogens is 490 g/mol. The van der Waals surface area contributed by atoms with Crippen molar-refractivity contribution in [3.8, 4) is 34.3 Å². The molecule has 0 N–H and O–H groups in total. The van der Waals surface area contributed by atoms with E-state index in [0.29, 0.717) is 5.56 Å². The van der Waals surface area contributed by atoms with Crippen LogP contribution in [-0.2, 0) is 7.05 Å². The summed E-state index contributed by atoms with van der Waals surface area (Å²) in [6.45, 7) is 11.2. The second-order valence-electron chi connectivity index (χ2n) is 11.3. The summed E-state index contributed by atoms with van der Waals surface area (Å²) in [5.41, 5.74) is 11.9. The van der Waals surface area contributed by atoms with Crippen molar-refractivity contribution in [2.24, 2.45) is 7.05 Å². The van der Waals surface area contributed by atoms with Gasteiger partial charge in [-0.05, 0) is 77.9 Å². The van der Waals surface area contributed by atoms with Crippen LogP contribution in [0, 0.1) is 18.3 Å². The predicted octanol–water partition coefficient (Wildman–Crippen LogP) is 8.96. The van der Waals surface area contributed by atoms with Crippen LogP contribution in [0.3, 0.4) is 0 Å². The van der Waals surface area contributed by atoms with E-state index in [0.717, 1.165) is 39.0 Å². The van der Waals surface area contributed by atoms with Crippen LogP contribution in [0.25, 0.3) is 50.2 Å². The van der Waals surface area contributed by atoms with Crippen LogP contribution >= 0.6 is 0 Å². The van der Waals surface area contributed by atoms with Gasteiger partial charge in [0.2, 0.25) is 0 Å². The average Bonchev–Trinajstić information content (AvgIpc) is 3.56. The Bertz CT molecular complexity index is 1900. The first-order valence-corrected chi connectivity index (χ1v) is 14.0. The Morgan fingerprint density at radius 2 is 1.52 bits per heavy atom. The molecule has 0 radical (unpaired) electrons. The molecule has 0 saturated heterocycles. The normalized spacial score (nSPS) is 11.7. The number of imidazole rings is 1. The van der Waals surface area contributed by atoms with Crippen LogP contribution in [-0.4, -0.2) is 4.57 Å². The number of rotatable bonds is 5. The minimum atomic E-state index is 0.262. The standard InChI is InChI=1S/C36H34N3O/c1-22(2)30-19-27(25-11-8-7-9-12-25)20-31(23(3)4)35(30)39-34-26(21-37)13-10-14-32(34)38(6)36(39)29-15-16-33-28(24(29)5)17-18-40-33/h7-20,22-23H,1-6H3/q+1. The smallest absolute Gasteiger partial charge is 0.295 e. The molecule has 0 aliphatic rings. The molecule has 40 heavy (non-hydrogen) atoms. The Balaban J connectivity index is 1.81. The highest BCUT2D eigenvalue weighted by atomic mass is 16.3. The number of aromatic nitrogens is 2. The van der Waals surface area contributed by atoms with Crippen LogP contribution in [0.4, 0.5) is 0 Å². The topological polar surface area (TPSA) is 45.7 Å². The van der Waals surface area contributed by atoms with E-state index in [2.05, 4.69) is 118 Å². The van der Waals surface area contributed by atoms with Crippen molar-refractivity contribution in [1.82, 2.24) is 4.57 Å². The fourth-order valence-corrected chi connectivity index (χ4v) is 6.06. The van der Waals surface area contributed by atoms with E-state index in [9.17, 15) is 5.26 Å². The maximum atomic E-state index is 10.3. The molecule has 0 saturated carbocycles. The molecule has 6 rings (SSSR count). The largest absolute Gasteiger partial charge is 0.464 e. The van der Waals surface area contributed by atoms with Crippen molar-refractivity contribution >= 4 is 22.0 Å². The van der Waals surface area contributed by atoms with Crippen molar-refractivity contribution in [3.63, 3.8) is 0 Å². The first-order chi connectivity index (χ1) is 19.3. The van der Waals surface area contributed by atoms with E-state index in [1.54, 1.807) is 6.26 Å². The summed E-state index contributed by atoms with van der Waals surface area (Å²) in [5.74, 6) is 1.58. The van der Waals surface area contributed by atoms with Gasteiger partial charge in [0.15, 0.2) is 11.0 Å². The highest BCUT2D eigenvalue weighted by Crippen LogP contribution is 2.38. The average molecular weight is 525 g/mol. The van der Waals surface area contributed by atoms with Crippen LogP contribution in [0.5, 0.6) is 0 Å². The van der Waals surface area contributed by atoms with Crippen LogP contribution in [0.15, 0.2) is 89.5 Å². The first-order valence-electron chi connectivity index (χ1n) is 14.0. The van der Waals surface area contributed by atoms with Gasteiger partial charge in [-0.3, -0.25) is 0 Å². The van der Waals surface area contributed by atoms with Gasteiger partial charge >= 0.3 is 0 Å². The lowest BCUT2D eigenvalue weighted by atomic mass is 9.88. The van der Waals surface area contributed by atoms with Crippen LogP contribution < -0.4 is 4.57 Å². The van der Waals surface area contributed by atoms with Crippen molar-refractivity contribution < 1.29 is 8.98 Å². The van der Waals surface area contributed by atoms with Gasteiger partial charge in [0, 0.05) is 16.5 Å². The number of hydrogen-bond acceptors (Lipinski definition) is 2. The van der Waals surface area contributed by atoms with E-state index in [1.165, 1.54) is 27.9 Å². The van der Waals surface area contributed by atoms with Crippen molar-refractivity contribution in [3.05, 3.63) is 107 Å². The Kier molecular flexibility index (Phi) is 6.31. The molecule has 4 heteroatoms. The van der Waals surface area contributed by atoms with E-state index < -0.39 is 0 Å². The van der Waals surface area contributed by atoms with Gasteiger partial charge < -0.3 is 4.42 Å². The molecule has 6 aromatic rings. The van der Waals surface area contributed by atoms with E-state index in [4.69, 9.17) is 4.42 Å². The molecule has 0 unspecified atom stereocenters. The summed E-state index contributed by atoms with van der Waals surface area (Å²) in [4.78, 5) is 0. The van der Waals surface area contributed by atoms with E-state index in [1.807, 2.05) is 18.2 Å². The minimum absolute atomic E-state index is 0.262. The maximum Gasteiger partial charge on any atom is 0.295 e. The highest BCUT2D eigenvalue weighted by molar-refractivity contribution is 5.89. The molecule has 198 valence electrons. The zero-order valence-corrected chi connectivity index (χ0v) is 24.0. The number of aryl methyl sites for hydroxylation is 2. The molecule has 4 nitrogen and oxygen atoms in total. The van der Waals surface area contributed by atoms with Gasteiger partial charge in [0.05, 0.1) is 18.9 Å². The lowest BCUT2D eigenvalue weighted by Gasteiger charge is -2.21. The third-order valence-electron chi connectivity index (χ3n) is 8.14. The Morgan fingerprint density at radius 1 is 0.825 bits per heavy atom. The van der Waals surface area contributed by atoms with Gasteiger partial charge in [-0.2, -0.15) is 9.83 Å². The quantitative estimate of drug-likeness (QED) is 0.211. The number of para-hydroxylation sites is 1. The molecule has 0 aliphatic carbocycles. The Labute approximate surface area is 235 Å². The first kappa shape index (κ1) is 25.6. The maximum absolute atomic E-state index is 10.3. The van der Waals surface area contributed by atoms with E-state index >= 15 is 0 Å². The number of furan rings is 1. The number of hydrogen-bond donors (Lipinski definition) is 0. The fourth-order valence-electron chi connectivity index (χ4n) is 6.06. The van der Waals surface area contributed by atoms with Gasteiger partial charge in [0.1, 0.15) is 22.9 Å². The Morgan fingerprint density at radius 3 is 2.17 bits per heavy atom. The molecule has 0 spiro atoms. The molecule has 0 bridgehead atoms. The van der Waals surface area contributed by atoms with Gasteiger partial charge in [-0.1, -0.05) is 64.1 Å². The number of benzene rings is 4. The highest BCUT2D eigenvalue weighted by Gasteiger charge is 2.33. The van der Waals surface area contributed by atoms with Gasteiger partial charge in [-0.25, -0.2) is 4.57 Å². The number of nitriles is 1. The molecule has 0 amide bonds. The lowest BCUT2D eigenvalue weighted by Crippen LogP contribution is -2.37. The summed E-state index contributed by atoms with van der Waals surface area (Å²) in [6, 6.07) is 30.1. The fraction of sp³-hybridized carbons (Fsp3) is 0.222. The van der Waals surface area contributed by atoms with Crippen molar-refractivity contribution in [2.75, 3.05) is 0 Å². The lowest BCUT2D eigenvalue weighted by molar-refractivity contribution is -0.557. The molecular formula is C36H34N3O+. The third-order valence-corrected chi connectivity index (χ3v) is 8.14. The zero-order valence-electron chi connectivity index (χ0n) is 24.0.